The maximum absolute atomic E-state index is 5.40. The summed E-state index contributed by atoms with van der Waals surface area (Å²) in [7, 11) is 2.05. The molecule has 1 fully saturated rings. The predicted molar refractivity (Wildman–Crippen MR) is 61.0 cm³/mol. The van der Waals surface area contributed by atoms with E-state index in [1.807, 2.05) is 4.68 Å². The largest absolute Gasteiger partial charge is 0.381 e. The van der Waals surface area contributed by atoms with Crippen molar-refractivity contribution >= 4 is 0 Å². The summed E-state index contributed by atoms with van der Waals surface area (Å²) >= 11 is 0. The minimum Gasteiger partial charge on any atom is -0.381 e. The molecule has 1 N–H and O–H groups in total. The number of ether oxygens (including phenoxy) is 1. The van der Waals surface area contributed by atoms with Crippen LogP contribution >= 0.6 is 0 Å². The second-order valence-corrected chi connectivity index (χ2v) is 4.86. The van der Waals surface area contributed by atoms with E-state index in [0.29, 0.717) is 0 Å². The van der Waals surface area contributed by atoms with Gasteiger partial charge < -0.3 is 10.1 Å². The van der Waals surface area contributed by atoms with E-state index >= 15 is 0 Å². The van der Waals surface area contributed by atoms with E-state index in [1.54, 1.807) is 0 Å². The number of aromatic nitrogens is 2. The average molecular weight is 221 g/mol. The Morgan fingerprint density at radius 1 is 1.38 bits per heavy atom. The van der Waals surface area contributed by atoms with Gasteiger partial charge in [0.1, 0.15) is 0 Å². The molecule has 0 aromatic carbocycles. The third-order valence-corrected chi connectivity index (χ3v) is 3.78. The molecule has 0 atom stereocenters. The zero-order valence-electron chi connectivity index (χ0n) is 9.83. The second-order valence-electron chi connectivity index (χ2n) is 4.86. The molecule has 0 radical (unpaired) electrons. The molecule has 2 aliphatic rings. The minimum absolute atomic E-state index is 0.772. The number of nitrogens with one attached hydrogen (secondary N) is 1. The van der Waals surface area contributed by atoms with E-state index in [4.69, 9.17) is 4.74 Å². The van der Waals surface area contributed by atoms with Crippen LogP contribution in [0.15, 0.2) is 0 Å². The first-order valence-electron chi connectivity index (χ1n) is 6.16. The van der Waals surface area contributed by atoms with Crippen LogP contribution in [0.1, 0.15) is 29.8 Å². The summed E-state index contributed by atoms with van der Waals surface area (Å²) in [4.78, 5) is 0. The van der Waals surface area contributed by atoms with Gasteiger partial charge in [0.25, 0.3) is 0 Å². The summed E-state index contributed by atoms with van der Waals surface area (Å²) < 4.78 is 7.44. The van der Waals surface area contributed by atoms with Gasteiger partial charge in [-0.1, -0.05) is 0 Å². The van der Waals surface area contributed by atoms with Crippen molar-refractivity contribution in [1.82, 2.24) is 15.1 Å². The number of nitrogens with zero attached hydrogens (tertiary/aromatic N) is 2. The molecule has 2 aliphatic heterocycles. The van der Waals surface area contributed by atoms with Crippen molar-refractivity contribution in [3.05, 3.63) is 17.0 Å². The molecule has 4 heteroatoms. The summed E-state index contributed by atoms with van der Waals surface area (Å²) in [5.41, 5.74) is 4.14. The van der Waals surface area contributed by atoms with Gasteiger partial charge in [-0.2, -0.15) is 5.10 Å². The van der Waals surface area contributed by atoms with E-state index < -0.39 is 0 Å². The number of hydrogen-bond donors (Lipinski definition) is 1. The third-order valence-electron chi connectivity index (χ3n) is 3.78. The van der Waals surface area contributed by atoms with Crippen molar-refractivity contribution in [2.24, 2.45) is 13.0 Å². The topological polar surface area (TPSA) is 39.1 Å². The molecule has 0 bridgehead atoms. The lowest BCUT2D eigenvalue weighted by Crippen LogP contribution is -2.18. The molecule has 1 saturated heterocycles. The van der Waals surface area contributed by atoms with Gasteiger partial charge in [0.2, 0.25) is 0 Å². The maximum Gasteiger partial charge on any atom is 0.0675 e. The zero-order valence-corrected chi connectivity index (χ0v) is 9.83. The highest BCUT2D eigenvalue weighted by molar-refractivity contribution is 5.29. The molecule has 0 aliphatic carbocycles. The highest BCUT2D eigenvalue weighted by Gasteiger charge is 2.23. The first-order chi connectivity index (χ1) is 7.84. The molecule has 88 valence electrons. The summed E-state index contributed by atoms with van der Waals surface area (Å²) in [6.07, 6.45) is 3.52. The number of fused-ring (bicyclic) bond motifs is 1. The second kappa shape index (κ2) is 4.18. The fraction of sp³-hybridized carbons (Fsp3) is 0.750. The standard InChI is InChI=1S/C12H19N3O/c1-15-12-8-13-7-10(12)11(14-15)6-9-2-4-16-5-3-9/h9,13H,2-8H2,1H3. The quantitative estimate of drug-likeness (QED) is 0.809. The number of aryl methyl sites for hydroxylation is 1. The van der Waals surface area contributed by atoms with Crippen LogP contribution in [0.2, 0.25) is 0 Å². The van der Waals surface area contributed by atoms with Crippen molar-refractivity contribution in [2.75, 3.05) is 13.2 Å². The lowest BCUT2D eigenvalue weighted by molar-refractivity contribution is 0.0662. The molecule has 0 unspecified atom stereocenters. The first kappa shape index (κ1) is 10.3. The lowest BCUT2D eigenvalue weighted by Gasteiger charge is -2.21. The molecule has 16 heavy (non-hydrogen) atoms. The lowest BCUT2D eigenvalue weighted by atomic mass is 9.93. The smallest absolute Gasteiger partial charge is 0.0675 e. The molecular weight excluding hydrogens is 202 g/mol. The molecule has 0 spiro atoms. The van der Waals surface area contributed by atoms with Crippen molar-refractivity contribution in [2.45, 2.75) is 32.4 Å². The van der Waals surface area contributed by atoms with E-state index in [-0.39, 0.29) is 0 Å². The van der Waals surface area contributed by atoms with Crippen LogP contribution in [0.3, 0.4) is 0 Å². The van der Waals surface area contributed by atoms with Crippen molar-refractivity contribution in [3.8, 4) is 0 Å². The molecular formula is C12H19N3O. The number of hydrogen-bond acceptors (Lipinski definition) is 3. The van der Waals surface area contributed by atoms with Gasteiger partial charge in [0.05, 0.1) is 11.4 Å². The van der Waals surface area contributed by atoms with Gasteiger partial charge >= 0.3 is 0 Å². The highest BCUT2D eigenvalue weighted by Crippen LogP contribution is 2.25. The Morgan fingerprint density at radius 2 is 2.19 bits per heavy atom. The van der Waals surface area contributed by atoms with Gasteiger partial charge in [-0.3, -0.25) is 4.68 Å². The molecule has 3 heterocycles. The first-order valence-corrected chi connectivity index (χ1v) is 6.16. The molecule has 1 aromatic heterocycles. The van der Waals surface area contributed by atoms with Crippen LogP contribution in [0.5, 0.6) is 0 Å². The van der Waals surface area contributed by atoms with Crippen LogP contribution in [0.25, 0.3) is 0 Å². The summed E-state index contributed by atoms with van der Waals surface area (Å²) in [5.74, 6) is 0.772. The Labute approximate surface area is 96.0 Å². The van der Waals surface area contributed by atoms with Crippen LogP contribution in [0, 0.1) is 5.92 Å². The van der Waals surface area contributed by atoms with Crippen molar-refractivity contribution in [3.63, 3.8) is 0 Å². The maximum atomic E-state index is 5.40. The third kappa shape index (κ3) is 1.76. The van der Waals surface area contributed by atoms with Crippen LogP contribution in [0.4, 0.5) is 0 Å². The highest BCUT2D eigenvalue weighted by atomic mass is 16.5. The van der Waals surface area contributed by atoms with Gasteiger partial charge in [0.15, 0.2) is 0 Å². The van der Waals surface area contributed by atoms with E-state index in [9.17, 15) is 0 Å². The van der Waals surface area contributed by atoms with Crippen LogP contribution < -0.4 is 5.32 Å². The molecule has 0 amide bonds. The van der Waals surface area contributed by atoms with Gasteiger partial charge in [-0.15, -0.1) is 0 Å². The Kier molecular flexibility index (Phi) is 2.69. The molecule has 4 nitrogen and oxygen atoms in total. The van der Waals surface area contributed by atoms with Crippen LogP contribution in [-0.2, 0) is 31.3 Å². The predicted octanol–water partition coefficient (Wildman–Crippen LogP) is 0.992. The Hall–Kier alpha value is -0.870. The van der Waals surface area contributed by atoms with Crippen LogP contribution in [-0.4, -0.2) is 23.0 Å². The fourth-order valence-corrected chi connectivity index (χ4v) is 2.78. The van der Waals surface area contributed by atoms with E-state index in [2.05, 4.69) is 17.5 Å². The minimum atomic E-state index is 0.772. The SMILES string of the molecule is Cn1nc(CC2CCOCC2)c2c1CNC2. The Balaban J connectivity index is 1.76. The Bertz CT molecular complexity index is 380. The van der Waals surface area contributed by atoms with Gasteiger partial charge in [0, 0.05) is 38.9 Å². The molecule has 1 aromatic rings. The van der Waals surface area contributed by atoms with E-state index in [0.717, 1.165) is 38.6 Å². The Morgan fingerprint density at radius 3 is 3.00 bits per heavy atom. The van der Waals surface area contributed by atoms with Crippen molar-refractivity contribution in [1.29, 1.82) is 0 Å². The zero-order chi connectivity index (χ0) is 11.0. The average Bonchev–Trinajstić information content (AvgIpc) is 2.87. The number of rotatable bonds is 2. The van der Waals surface area contributed by atoms with Gasteiger partial charge in [-0.05, 0) is 25.2 Å². The molecule has 3 rings (SSSR count). The summed E-state index contributed by atoms with van der Waals surface area (Å²) in [5, 5.41) is 8.06. The summed E-state index contributed by atoms with van der Waals surface area (Å²) in [6.45, 7) is 3.84. The van der Waals surface area contributed by atoms with Gasteiger partial charge in [-0.25, -0.2) is 0 Å². The normalized spacial score (nSPS) is 21.3. The van der Waals surface area contributed by atoms with Crippen molar-refractivity contribution < 1.29 is 4.74 Å². The summed E-state index contributed by atoms with van der Waals surface area (Å²) in [6, 6.07) is 0. The monoisotopic (exact) mass is 221 g/mol. The van der Waals surface area contributed by atoms with E-state index in [1.165, 1.54) is 29.8 Å². The fourth-order valence-electron chi connectivity index (χ4n) is 2.78. The molecule has 0 saturated carbocycles.